The molecule has 0 aliphatic rings. The van der Waals surface area contributed by atoms with Crippen LogP contribution in [0.15, 0.2) is 42.5 Å². The molecule has 0 aromatic heterocycles. The summed E-state index contributed by atoms with van der Waals surface area (Å²) in [5.74, 6) is -0.884. The Kier molecular flexibility index (Phi) is 3.86. The fourth-order valence-electron chi connectivity index (χ4n) is 1.23. The third kappa shape index (κ3) is 3.43. The van der Waals surface area contributed by atoms with E-state index in [-0.39, 0.29) is 0 Å². The highest BCUT2D eigenvalue weighted by Crippen LogP contribution is 2.09. The van der Waals surface area contributed by atoms with Crippen LogP contribution < -0.4 is 0 Å². The van der Waals surface area contributed by atoms with Gasteiger partial charge >= 0.3 is 5.97 Å². The molecule has 0 unspecified atom stereocenters. The molecule has 1 rings (SSSR count). The zero-order valence-electron chi connectivity index (χ0n) is 8.73. The summed E-state index contributed by atoms with van der Waals surface area (Å²) in [5, 5.41) is 8.70. The van der Waals surface area contributed by atoms with Crippen molar-refractivity contribution in [3.8, 4) is 0 Å². The lowest BCUT2D eigenvalue weighted by Gasteiger charge is -1.98. The van der Waals surface area contributed by atoms with E-state index in [1.165, 1.54) is 5.56 Å². The molecule has 1 aromatic carbocycles. The standard InChI is InChI=1S/C13H14O2/c1-3-4-11-5-7-12(8-6-11)9-10(2)13(14)15/h3,5-9H,1,4H2,2H3,(H,14,15)/b10-9+. The number of hydrogen-bond donors (Lipinski definition) is 1. The van der Waals surface area contributed by atoms with E-state index >= 15 is 0 Å². The molecule has 15 heavy (non-hydrogen) atoms. The number of benzene rings is 1. The van der Waals surface area contributed by atoms with E-state index in [0.717, 1.165) is 12.0 Å². The molecule has 78 valence electrons. The maximum absolute atomic E-state index is 10.6. The van der Waals surface area contributed by atoms with Crippen LogP contribution in [0.5, 0.6) is 0 Å². The van der Waals surface area contributed by atoms with Crippen molar-refractivity contribution in [2.24, 2.45) is 0 Å². The summed E-state index contributed by atoms with van der Waals surface area (Å²) in [7, 11) is 0. The lowest BCUT2D eigenvalue weighted by atomic mass is 10.1. The van der Waals surface area contributed by atoms with Crippen LogP contribution in [0, 0.1) is 0 Å². The molecular weight excluding hydrogens is 188 g/mol. The minimum absolute atomic E-state index is 0.339. The monoisotopic (exact) mass is 202 g/mol. The second-order valence-corrected chi connectivity index (χ2v) is 3.37. The summed E-state index contributed by atoms with van der Waals surface area (Å²) in [6, 6.07) is 7.77. The second-order valence-electron chi connectivity index (χ2n) is 3.37. The maximum Gasteiger partial charge on any atom is 0.331 e. The maximum atomic E-state index is 10.6. The molecule has 2 heteroatoms. The largest absolute Gasteiger partial charge is 0.478 e. The minimum Gasteiger partial charge on any atom is -0.478 e. The topological polar surface area (TPSA) is 37.3 Å². The molecule has 0 radical (unpaired) electrons. The van der Waals surface area contributed by atoms with Gasteiger partial charge < -0.3 is 5.11 Å². The molecule has 0 bridgehead atoms. The minimum atomic E-state index is -0.884. The van der Waals surface area contributed by atoms with Gasteiger partial charge in [-0.15, -0.1) is 6.58 Å². The van der Waals surface area contributed by atoms with E-state index in [2.05, 4.69) is 6.58 Å². The number of hydrogen-bond acceptors (Lipinski definition) is 1. The first kappa shape index (κ1) is 11.2. The molecular formula is C13H14O2. The predicted octanol–water partition coefficient (Wildman–Crippen LogP) is 2.90. The molecule has 0 amide bonds. The van der Waals surface area contributed by atoms with Crippen molar-refractivity contribution in [3.05, 3.63) is 53.6 Å². The number of carbonyl (C=O) groups is 1. The Morgan fingerprint density at radius 2 is 2.00 bits per heavy atom. The van der Waals surface area contributed by atoms with Gasteiger partial charge in [0.15, 0.2) is 0 Å². The zero-order valence-corrected chi connectivity index (χ0v) is 8.73. The number of carboxylic acids is 1. The second kappa shape index (κ2) is 5.15. The first-order chi connectivity index (χ1) is 7.13. The van der Waals surface area contributed by atoms with Crippen LogP contribution in [-0.4, -0.2) is 11.1 Å². The van der Waals surface area contributed by atoms with Crippen LogP contribution in [0.1, 0.15) is 18.1 Å². The highest BCUT2D eigenvalue weighted by Gasteiger charge is 1.99. The molecule has 0 saturated heterocycles. The third-order valence-corrected chi connectivity index (χ3v) is 2.08. The Balaban J connectivity index is 2.85. The molecule has 0 fully saturated rings. The smallest absolute Gasteiger partial charge is 0.331 e. The number of carboxylic acid groups (broad SMARTS) is 1. The van der Waals surface area contributed by atoms with Gasteiger partial charge in [0.25, 0.3) is 0 Å². The fraction of sp³-hybridized carbons (Fsp3) is 0.154. The Bertz CT molecular complexity index is 386. The SMILES string of the molecule is C=CCc1ccc(/C=C(\C)C(=O)O)cc1. The summed E-state index contributed by atoms with van der Waals surface area (Å²) in [6.07, 6.45) is 4.33. The van der Waals surface area contributed by atoms with E-state index in [4.69, 9.17) is 5.11 Å². The van der Waals surface area contributed by atoms with E-state index in [9.17, 15) is 4.79 Å². The molecule has 0 heterocycles. The average Bonchev–Trinajstić information content (AvgIpc) is 2.21. The van der Waals surface area contributed by atoms with Gasteiger partial charge in [0.1, 0.15) is 0 Å². The van der Waals surface area contributed by atoms with Crippen molar-refractivity contribution >= 4 is 12.0 Å². The van der Waals surface area contributed by atoms with E-state index < -0.39 is 5.97 Å². The number of rotatable bonds is 4. The summed E-state index contributed by atoms with van der Waals surface area (Å²) in [6.45, 7) is 5.24. The summed E-state index contributed by atoms with van der Waals surface area (Å²) in [4.78, 5) is 10.6. The van der Waals surface area contributed by atoms with E-state index in [0.29, 0.717) is 5.57 Å². The van der Waals surface area contributed by atoms with Gasteiger partial charge in [-0.1, -0.05) is 30.3 Å². The van der Waals surface area contributed by atoms with Gasteiger partial charge in [-0.2, -0.15) is 0 Å². The highest BCUT2D eigenvalue weighted by molar-refractivity contribution is 5.91. The van der Waals surface area contributed by atoms with Crippen LogP contribution in [0.25, 0.3) is 6.08 Å². The third-order valence-electron chi connectivity index (χ3n) is 2.08. The Labute approximate surface area is 89.6 Å². The summed E-state index contributed by atoms with van der Waals surface area (Å²) < 4.78 is 0. The molecule has 0 saturated carbocycles. The molecule has 0 aliphatic carbocycles. The normalized spacial score (nSPS) is 11.1. The van der Waals surface area contributed by atoms with Crippen LogP contribution >= 0.6 is 0 Å². The number of aliphatic carboxylic acids is 1. The van der Waals surface area contributed by atoms with Crippen molar-refractivity contribution in [2.75, 3.05) is 0 Å². The van der Waals surface area contributed by atoms with Gasteiger partial charge in [0.05, 0.1) is 0 Å². The fourth-order valence-corrected chi connectivity index (χ4v) is 1.23. The van der Waals surface area contributed by atoms with Gasteiger partial charge in [-0.3, -0.25) is 0 Å². The van der Waals surface area contributed by atoms with Crippen LogP contribution in [-0.2, 0) is 11.2 Å². The molecule has 0 atom stereocenters. The van der Waals surface area contributed by atoms with E-state index in [1.54, 1.807) is 13.0 Å². The van der Waals surface area contributed by atoms with Crippen molar-refractivity contribution in [1.29, 1.82) is 0 Å². The lowest BCUT2D eigenvalue weighted by molar-refractivity contribution is -0.132. The van der Waals surface area contributed by atoms with Crippen molar-refractivity contribution < 1.29 is 9.90 Å². The number of allylic oxidation sites excluding steroid dienone is 1. The van der Waals surface area contributed by atoms with Crippen molar-refractivity contribution in [3.63, 3.8) is 0 Å². The van der Waals surface area contributed by atoms with Gasteiger partial charge in [-0.05, 0) is 30.5 Å². The molecule has 1 N–H and O–H groups in total. The van der Waals surface area contributed by atoms with Gasteiger partial charge in [0, 0.05) is 5.57 Å². The van der Waals surface area contributed by atoms with Crippen LogP contribution in [0.4, 0.5) is 0 Å². The highest BCUT2D eigenvalue weighted by atomic mass is 16.4. The van der Waals surface area contributed by atoms with Crippen molar-refractivity contribution in [2.45, 2.75) is 13.3 Å². The van der Waals surface area contributed by atoms with Gasteiger partial charge in [0.2, 0.25) is 0 Å². The Morgan fingerprint density at radius 3 is 2.47 bits per heavy atom. The average molecular weight is 202 g/mol. The quantitative estimate of drug-likeness (QED) is 0.602. The van der Waals surface area contributed by atoms with E-state index in [1.807, 2.05) is 30.3 Å². The van der Waals surface area contributed by atoms with Crippen molar-refractivity contribution in [1.82, 2.24) is 0 Å². The van der Waals surface area contributed by atoms with Crippen LogP contribution in [0.3, 0.4) is 0 Å². The van der Waals surface area contributed by atoms with Gasteiger partial charge in [-0.25, -0.2) is 4.79 Å². The Morgan fingerprint density at radius 1 is 1.40 bits per heavy atom. The summed E-state index contributed by atoms with van der Waals surface area (Å²) >= 11 is 0. The summed E-state index contributed by atoms with van der Waals surface area (Å²) in [5.41, 5.74) is 2.42. The zero-order chi connectivity index (χ0) is 11.3. The molecule has 0 spiro atoms. The predicted molar refractivity (Wildman–Crippen MR) is 61.6 cm³/mol. The Hall–Kier alpha value is -1.83. The first-order valence-electron chi connectivity index (χ1n) is 4.75. The molecule has 2 nitrogen and oxygen atoms in total. The van der Waals surface area contributed by atoms with Crippen LogP contribution in [0.2, 0.25) is 0 Å². The lowest BCUT2D eigenvalue weighted by Crippen LogP contribution is -1.95. The molecule has 0 aliphatic heterocycles. The molecule has 1 aromatic rings. The first-order valence-corrected chi connectivity index (χ1v) is 4.75.